The van der Waals surface area contributed by atoms with E-state index in [9.17, 15) is 0 Å². The van der Waals surface area contributed by atoms with Gasteiger partial charge in [0.15, 0.2) is 0 Å². The van der Waals surface area contributed by atoms with Gasteiger partial charge >= 0.3 is 93.8 Å². The van der Waals surface area contributed by atoms with E-state index in [4.69, 9.17) is 7.81 Å². The van der Waals surface area contributed by atoms with Gasteiger partial charge in [-0.2, -0.15) is 0 Å². The van der Waals surface area contributed by atoms with E-state index in [1.165, 1.54) is 0 Å². The van der Waals surface area contributed by atoms with E-state index in [2.05, 4.69) is 0 Å². The van der Waals surface area contributed by atoms with Crippen molar-refractivity contribution < 1.29 is 7.81 Å². The summed E-state index contributed by atoms with van der Waals surface area (Å²) in [5, 5.41) is 0. The molecule has 0 aromatic heterocycles. The van der Waals surface area contributed by atoms with Gasteiger partial charge in [-0.25, -0.2) is 0 Å². The van der Waals surface area contributed by atoms with Crippen LogP contribution in [-0.2, 0) is 7.81 Å². The average molecular weight is 672 g/mol. The molecule has 0 aliphatic heterocycles. The predicted molar refractivity (Wildman–Crippen MR) is 26.3 cm³/mol. The molecule has 0 atom stereocenters. The third-order valence-electron chi connectivity index (χ3n) is 0.333. The molecule has 3 nitrogen and oxygen atoms in total. The maximum absolute atomic E-state index is 4.85. The molecule has 0 saturated carbocycles. The summed E-state index contributed by atoms with van der Waals surface area (Å²) in [5.74, 6) is 0. The Morgan fingerprint density at radius 1 is 0.857 bits per heavy atom. The van der Waals surface area contributed by atoms with E-state index in [1.807, 2.05) is 0 Å². The molecule has 0 N–H and O–H groups in total. The summed E-state index contributed by atoms with van der Waals surface area (Å²) in [7, 11) is -0.292. The van der Waals surface area contributed by atoms with Crippen molar-refractivity contribution >= 4 is 86.0 Å². The molecule has 30 valence electrons. The fourth-order valence-electron chi connectivity index (χ4n) is 0.0962. The van der Waals surface area contributed by atoms with Crippen LogP contribution in [0, 0.1) is 0 Å². The van der Waals surface area contributed by atoms with Gasteiger partial charge in [-0.1, -0.05) is 0 Å². The molecule has 7 heavy (non-hydrogen) atoms. The molecule has 0 radical (unpaired) electrons. The second kappa shape index (κ2) is 6.83. The molecule has 0 saturated heterocycles. The molecule has 0 unspecified atom stereocenters. The minimum absolute atomic E-state index is 0.292. The fourth-order valence-corrected chi connectivity index (χ4v) is 7.41. The van der Waals surface area contributed by atoms with Gasteiger partial charge in [-0.3, -0.25) is 0 Å². The Morgan fingerprint density at radius 3 is 1.14 bits per heavy atom. The summed E-state index contributed by atoms with van der Waals surface area (Å²) in [6.45, 7) is 0. The van der Waals surface area contributed by atoms with Crippen LogP contribution in [0.5, 0.6) is 0 Å². The van der Waals surface area contributed by atoms with Crippen LogP contribution in [0.2, 0.25) is 0 Å². The average Bonchev–Trinajstić information content (AvgIpc) is 1.72. The Balaban J connectivity index is 2.99. The van der Waals surface area contributed by atoms with Crippen LogP contribution < -0.4 is 0 Å². The van der Waals surface area contributed by atoms with E-state index in [0.29, 0.717) is 78.7 Å². The number of hydrogen-bond acceptors (Lipinski definition) is 3. The van der Waals surface area contributed by atoms with E-state index in [1.54, 1.807) is 0 Å². The molecule has 7 heteroatoms. The van der Waals surface area contributed by atoms with Crippen molar-refractivity contribution in [3.63, 3.8) is 0 Å². The quantitative estimate of drug-likeness (QED) is 0.335. The van der Waals surface area contributed by atoms with Crippen LogP contribution in [0.4, 0.5) is 0 Å². The first-order chi connectivity index (χ1) is 3.35. The monoisotopic (exact) mass is 674 g/mol. The van der Waals surface area contributed by atoms with Crippen molar-refractivity contribution in [2.75, 3.05) is 0 Å². The first kappa shape index (κ1) is 9.71. The summed E-state index contributed by atoms with van der Waals surface area (Å²) in [5.41, 5.74) is 0. The zero-order valence-electron chi connectivity index (χ0n) is 3.53. The molecule has 0 spiro atoms. The van der Waals surface area contributed by atoms with Crippen molar-refractivity contribution in [1.82, 2.24) is 0 Å². The Labute approximate surface area is 92.0 Å². The normalized spacial score (nSPS) is 8.14. The minimum atomic E-state index is -0.292. The van der Waals surface area contributed by atoms with Crippen LogP contribution in [0.1, 0.15) is 0 Å². The Kier molecular flexibility index (Phi) is 9.47. The summed E-state index contributed by atoms with van der Waals surface area (Å²) >= 11 is 1.56. The molecule has 0 aromatic carbocycles. The third kappa shape index (κ3) is 5.17. The zero-order valence-corrected chi connectivity index (χ0v) is 17.0. The number of rotatable bonds is 3. The molecule has 0 amide bonds. The molecule has 0 fully saturated rings. The summed E-state index contributed by atoms with van der Waals surface area (Å²) < 4.78 is 14.6. The van der Waals surface area contributed by atoms with Crippen LogP contribution in [0.15, 0.2) is 0 Å². The molecule has 0 aliphatic carbocycles. The molecule has 0 aromatic rings. The van der Waals surface area contributed by atoms with Gasteiger partial charge in [0.1, 0.15) is 0 Å². The van der Waals surface area contributed by atoms with Gasteiger partial charge in [0.25, 0.3) is 0 Å². The molecular formula is BO3Tl3. The Morgan fingerprint density at radius 2 is 1.14 bits per heavy atom. The maximum atomic E-state index is 4.85. The van der Waals surface area contributed by atoms with E-state index < -0.39 is 0 Å². The summed E-state index contributed by atoms with van der Waals surface area (Å²) in [6, 6.07) is 0. The first-order valence-corrected chi connectivity index (χ1v) is 6.91. The fraction of sp³-hybridized carbons (Fsp3) is 0. The van der Waals surface area contributed by atoms with Crippen LogP contribution in [-0.4, -0.2) is 86.0 Å². The van der Waals surface area contributed by atoms with Crippen LogP contribution in [0.3, 0.4) is 0 Å². The first-order valence-electron chi connectivity index (χ1n) is 1.41. The standard InChI is InChI=1S/BO3.3Tl/c2-1(3)4;;;/q-3;3*+1. The second-order valence-corrected chi connectivity index (χ2v) is 3.87. The Bertz CT molecular complexity index is 31.7. The van der Waals surface area contributed by atoms with Gasteiger partial charge in [0.05, 0.1) is 0 Å². The van der Waals surface area contributed by atoms with Gasteiger partial charge in [-0.05, 0) is 0 Å². The zero-order chi connectivity index (χ0) is 5.70. The van der Waals surface area contributed by atoms with E-state index in [0.717, 1.165) is 0 Å². The third-order valence-corrected chi connectivity index (χ3v) is 2.92. The SMILES string of the molecule is [Tl][O]B([O][Tl])[O][Tl]. The molecule has 0 bridgehead atoms. The van der Waals surface area contributed by atoms with E-state index >= 15 is 0 Å². The molecule has 0 rings (SSSR count). The van der Waals surface area contributed by atoms with Crippen molar-refractivity contribution in [1.29, 1.82) is 0 Å². The molecular weight excluding hydrogens is 672 g/mol. The van der Waals surface area contributed by atoms with Gasteiger partial charge in [0.2, 0.25) is 0 Å². The van der Waals surface area contributed by atoms with Gasteiger partial charge in [0, 0.05) is 0 Å². The van der Waals surface area contributed by atoms with Gasteiger partial charge < -0.3 is 0 Å². The second-order valence-electron chi connectivity index (χ2n) is 0.697. The summed E-state index contributed by atoms with van der Waals surface area (Å²) in [6.07, 6.45) is 0. The van der Waals surface area contributed by atoms with E-state index in [-0.39, 0.29) is 7.32 Å². The van der Waals surface area contributed by atoms with Crippen LogP contribution >= 0.6 is 0 Å². The van der Waals surface area contributed by atoms with Crippen molar-refractivity contribution in [3.8, 4) is 0 Å². The molecule has 0 heterocycles. The van der Waals surface area contributed by atoms with Crippen molar-refractivity contribution in [2.24, 2.45) is 0 Å². The Hall–Kier alpha value is 2.71. The van der Waals surface area contributed by atoms with Gasteiger partial charge in [-0.15, -0.1) is 0 Å². The topological polar surface area (TPSA) is 27.7 Å². The van der Waals surface area contributed by atoms with Crippen molar-refractivity contribution in [2.45, 2.75) is 0 Å². The predicted octanol–water partition coefficient (Wildman–Crippen LogP) is -1.73. The van der Waals surface area contributed by atoms with Crippen LogP contribution in [0.25, 0.3) is 0 Å². The molecule has 0 aliphatic rings. The number of hydrogen-bond donors (Lipinski definition) is 0. The van der Waals surface area contributed by atoms with Crippen molar-refractivity contribution in [3.05, 3.63) is 0 Å². The summed E-state index contributed by atoms with van der Waals surface area (Å²) in [4.78, 5) is 0.